The number of aromatic carboxylic acids is 1. The molecule has 0 radical (unpaired) electrons. The predicted octanol–water partition coefficient (Wildman–Crippen LogP) is 5.15. The van der Waals surface area contributed by atoms with Crippen LogP contribution in [0.3, 0.4) is 0 Å². The molecule has 0 aliphatic heterocycles. The minimum atomic E-state index is -1.12. The highest BCUT2D eigenvalue weighted by atomic mass is 35.5. The Labute approximate surface area is 171 Å². The van der Waals surface area contributed by atoms with Gasteiger partial charge in [-0.1, -0.05) is 29.8 Å². The zero-order chi connectivity index (χ0) is 21.0. The largest absolute Gasteiger partial charge is 0.478 e. The van der Waals surface area contributed by atoms with Crippen LogP contribution in [0.15, 0.2) is 64.6 Å². The molecule has 6 nitrogen and oxygen atoms in total. The number of carbonyl (C=O) groups is 2. The van der Waals surface area contributed by atoms with Crippen molar-refractivity contribution in [3.05, 3.63) is 82.1 Å². The van der Waals surface area contributed by atoms with Crippen LogP contribution in [0.1, 0.15) is 21.7 Å². The molecule has 144 valence electrons. The Kier molecular flexibility index (Phi) is 5.82. The topological polar surface area (TPSA) is 103 Å². The van der Waals surface area contributed by atoms with Crippen LogP contribution in [0.25, 0.3) is 17.4 Å². The van der Waals surface area contributed by atoms with E-state index in [1.54, 1.807) is 36.4 Å². The predicted molar refractivity (Wildman–Crippen MR) is 110 cm³/mol. The zero-order valence-electron chi connectivity index (χ0n) is 15.3. The van der Waals surface area contributed by atoms with E-state index in [1.165, 1.54) is 18.2 Å². The molecule has 1 heterocycles. The standard InChI is InChI=1S/C22H15ClN2O4/c1-13-3-2-4-16(9-13)25-21(26)15(12-24)10-17-6-8-20(29-17)14-5-7-18(22(27)28)19(23)11-14/h2-11H,1H3,(H,25,26)(H,27,28)/b15-10-. The number of halogens is 1. The van der Waals surface area contributed by atoms with E-state index in [1.807, 2.05) is 19.1 Å². The van der Waals surface area contributed by atoms with Gasteiger partial charge in [0.1, 0.15) is 23.2 Å². The Morgan fingerprint density at radius 2 is 1.97 bits per heavy atom. The number of anilines is 1. The van der Waals surface area contributed by atoms with Gasteiger partial charge in [0.25, 0.3) is 5.91 Å². The molecule has 0 bridgehead atoms. The fraction of sp³-hybridized carbons (Fsp3) is 0.0455. The summed E-state index contributed by atoms with van der Waals surface area (Å²) in [5.41, 5.74) is 2.01. The lowest BCUT2D eigenvalue weighted by Gasteiger charge is -2.04. The number of hydrogen-bond donors (Lipinski definition) is 2. The summed E-state index contributed by atoms with van der Waals surface area (Å²) in [5.74, 6) is -0.950. The maximum absolute atomic E-state index is 12.4. The maximum Gasteiger partial charge on any atom is 0.337 e. The number of nitriles is 1. The first kappa shape index (κ1) is 19.9. The molecule has 0 spiro atoms. The van der Waals surface area contributed by atoms with Gasteiger partial charge in [-0.2, -0.15) is 5.26 Å². The first-order valence-electron chi connectivity index (χ1n) is 8.50. The number of carboxylic acids is 1. The van der Waals surface area contributed by atoms with E-state index >= 15 is 0 Å². The molecular formula is C22H15ClN2O4. The van der Waals surface area contributed by atoms with Crippen molar-refractivity contribution in [1.29, 1.82) is 5.26 Å². The van der Waals surface area contributed by atoms with Gasteiger partial charge in [-0.15, -0.1) is 0 Å². The van der Waals surface area contributed by atoms with Crippen molar-refractivity contribution in [3.63, 3.8) is 0 Å². The monoisotopic (exact) mass is 406 g/mol. The van der Waals surface area contributed by atoms with E-state index in [0.29, 0.717) is 22.8 Å². The number of carbonyl (C=O) groups excluding carboxylic acids is 1. The lowest BCUT2D eigenvalue weighted by Crippen LogP contribution is -2.13. The van der Waals surface area contributed by atoms with Crippen LogP contribution < -0.4 is 5.32 Å². The highest BCUT2D eigenvalue weighted by molar-refractivity contribution is 6.33. The highest BCUT2D eigenvalue weighted by Gasteiger charge is 2.13. The summed E-state index contributed by atoms with van der Waals surface area (Å²) in [6.45, 7) is 1.90. The van der Waals surface area contributed by atoms with Crippen molar-refractivity contribution in [2.75, 3.05) is 5.32 Å². The first-order valence-corrected chi connectivity index (χ1v) is 8.88. The number of nitrogens with zero attached hydrogens (tertiary/aromatic N) is 1. The molecule has 0 aliphatic carbocycles. The zero-order valence-corrected chi connectivity index (χ0v) is 16.0. The van der Waals surface area contributed by atoms with Crippen LogP contribution >= 0.6 is 11.6 Å². The van der Waals surface area contributed by atoms with E-state index < -0.39 is 11.9 Å². The van der Waals surface area contributed by atoms with Gasteiger partial charge in [0.05, 0.1) is 10.6 Å². The molecule has 2 aromatic carbocycles. The van der Waals surface area contributed by atoms with Crippen molar-refractivity contribution in [2.45, 2.75) is 6.92 Å². The minimum absolute atomic E-state index is 0.0123. The molecule has 7 heteroatoms. The fourth-order valence-electron chi connectivity index (χ4n) is 2.64. The molecule has 0 atom stereocenters. The van der Waals surface area contributed by atoms with Gasteiger partial charge < -0.3 is 14.8 Å². The second-order valence-corrected chi connectivity index (χ2v) is 6.60. The minimum Gasteiger partial charge on any atom is -0.478 e. The molecule has 29 heavy (non-hydrogen) atoms. The third-order valence-electron chi connectivity index (χ3n) is 4.04. The summed E-state index contributed by atoms with van der Waals surface area (Å²) in [5, 5.41) is 21.1. The molecular weight excluding hydrogens is 392 g/mol. The van der Waals surface area contributed by atoms with Crippen molar-refractivity contribution in [1.82, 2.24) is 0 Å². The van der Waals surface area contributed by atoms with Crippen LogP contribution in [-0.2, 0) is 4.79 Å². The van der Waals surface area contributed by atoms with E-state index in [0.717, 1.165) is 5.56 Å². The van der Waals surface area contributed by atoms with Gasteiger partial charge in [-0.05, 0) is 48.9 Å². The molecule has 3 aromatic rings. The van der Waals surface area contributed by atoms with Crippen LogP contribution in [-0.4, -0.2) is 17.0 Å². The smallest absolute Gasteiger partial charge is 0.337 e. The lowest BCUT2D eigenvalue weighted by molar-refractivity contribution is -0.112. The summed E-state index contributed by atoms with van der Waals surface area (Å²) in [7, 11) is 0. The SMILES string of the molecule is Cc1cccc(NC(=O)/C(C#N)=C\c2ccc(-c3ccc(C(=O)O)c(Cl)c3)o2)c1. The van der Waals surface area contributed by atoms with Gasteiger partial charge in [0.15, 0.2) is 0 Å². The van der Waals surface area contributed by atoms with Crippen molar-refractivity contribution in [3.8, 4) is 17.4 Å². The first-order chi connectivity index (χ1) is 13.9. The number of rotatable bonds is 5. The molecule has 3 rings (SSSR count). The third-order valence-corrected chi connectivity index (χ3v) is 4.35. The number of furan rings is 1. The second-order valence-electron chi connectivity index (χ2n) is 6.20. The normalized spacial score (nSPS) is 11.0. The number of hydrogen-bond acceptors (Lipinski definition) is 4. The van der Waals surface area contributed by atoms with Crippen molar-refractivity contribution >= 4 is 35.2 Å². The van der Waals surface area contributed by atoms with E-state index in [2.05, 4.69) is 5.32 Å². The Hall–Kier alpha value is -3.82. The molecule has 0 unspecified atom stereocenters. The Bertz CT molecular complexity index is 1170. The summed E-state index contributed by atoms with van der Waals surface area (Å²) >= 11 is 5.99. The van der Waals surface area contributed by atoms with Gasteiger partial charge >= 0.3 is 5.97 Å². The van der Waals surface area contributed by atoms with Crippen LogP contribution in [0, 0.1) is 18.3 Å². The number of amides is 1. The van der Waals surface area contributed by atoms with E-state index in [9.17, 15) is 14.9 Å². The maximum atomic E-state index is 12.4. The van der Waals surface area contributed by atoms with Crippen LogP contribution in [0.5, 0.6) is 0 Å². The van der Waals surface area contributed by atoms with Crippen molar-refractivity contribution < 1.29 is 19.1 Å². The summed E-state index contributed by atoms with van der Waals surface area (Å²) in [6.07, 6.45) is 1.34. The van der Waals surface area contributed by atoms with Crippen molar-refractivity contribution in [2.24, 2.45) is 0 Å². The number of carboxylic acid groups (broad SMARTS) is 1. The molecule has 0 aliphatic rings. The third kappa shape index (κ3) is 4.72. The van der Waals surface area contributed by atoms with Gasteiger partial charge in [-0.25, -0.2) is 4.79 Å². The average Bonchev–Trinajstić information content (AvgIpc) is 3.14. The van der Waals surface area contributed by atoms with Gasteiger partial charge in [0, 0.05) is 17.3 Å². The molecule has 2 N–H and O–H groups in total. The molecule has 0 fully saturated rings. The molecule has 1 aromatic heterocycles. The van der Waals surface area contributed by atoms with Gasteiger partial charge in [-0.3, -0.25) is 4.79 Å². The Morgan fingerprint density at radius 1 is 1.17 bits per heavy atom. The summed E-state index contributed by atoms with van der Waals surface area (Å²) < 4.78 is 5.66. The van der Waals surface area contributed by atoms with E-state index in [4.69, 9.17) is 21.1 Å². The van der Waals surface area contributed by atoms with Gasteiger partial charge in [0.2, 0.25) is 0 Å². The summed E-state index contributed by atoms with van der Waals surface area (Å²) in [6, 6.07) is 16.8. The summed E-state index contributed by atoms with van der Waals surface area (Å²) in [4.78, 5) is 23.4. The highest BCUT2D eigenvalue weighted by Crippen LogP contribution is 2.28. The molecule has 0 saturated heterocycles. The fourth-order valence-corrected chi connectivity index (χ4v) is 2.90. The van der Waals surface area contributed by atoms with Crippen LogP contribution in [0.2, 0.25) is 5.02 Å². The second kappa shape index (κ2) is 8.46. The number of nitrogens with one attached hydrogen (secondary N) is 1. The Balaban J connectivity index is 1.82. The molecule has 1 amide bonds. The quantitative estimate of drug-likeness (QED) is 0.450. The van der Waals surface area contributed by atoms with Crippen LogP contribution in [0.4, 0.5) is 5.69 Å². The number of benzene rings is 2. The molecule has 0 saturated carbocycles. The number of aryl methyl sites for hydroxylation is 1. The Morgan fingerprint density at radius 3 is 2.62 bits per heavy atom. The lowest BCUT2D eigenvalue weighted by atomic mass is 10.1. The average molecular weight is 407 g/mol. The van der Waals surface area contributed by atoms with E-state index in [-0.39, 0.29) is 16.2 Å².